The normalized spacial score (nSPS) is 21.0. The fraction of sp³-hybridized carbons (Fsp3) is 0.333. The number of carboxylic acid groups (broad SMARTS) is 1. The number of anilines is 1. The largest absolute Gasteiger partial charge is 0.480 e. The number of para-hydroxylation sites is 1. The van der Waals surface area contributed by atoms with E-state index in [9.17, 15) is 19.5 Å². The first-order valence-corrected chi connectivity index (χ1v) is 9.36. The first-order valence-electron chi connectivity index (χ1n) is 8.14. The Morgan fingerprint density at radius 2 is 1.88 bits per heavy atom. The maximum atomic E-state index is 13.0. The number of fused-ring (bicyclic) bond motifs is 1. The molecule has 1 aromatic carbocycles. The molecule has 1 fully saturated rings. The van der Waals surface area contributed by atoms with Gasteiger partial charge in [0.15, 0.2) is 0 Å². The molecule has 0 unspecified atom stereocenters. The van der Waals surface area contributed by atoms with Crippen LogP contribution in [0.25, 0.3) is 5.57 Å². The molecule has 1 saturated heterocycles. The Kier molecular flexibility index (Phi) is 4.90. The minimum absolute atomic E-state index is 0.0772. The second kappa shape index (κ2) is 6.85. The molecule has 8 heteroatoms. The molecule has 0 aliphatic carbocycles. The summed E-state index contributed by atoms with van der Waals surface area (Å²) in [5, 5.41) is 9.57. The molecule has 0 saturated carbocycles. The quantitative estimate of drug-likeness (QED) is 0.629. The molecule has 1 atom stereocenters. The van der Waals surface area contributed by atoms with Gasteiger partial charge in [0.05, 0.1) is 16.2 Å². The van der Waals surface area contributed by atoms with Crippen LogP contribution in [0.3, 0.4) is 0 Å². The molecule has 1 aromatic rings. The minimum Gasteiger partial charge on any atom is -0.480 e. The number of nitrogens with zero attached hydrogens (tertiary/aromatic N) is 2. The molecule has 0 spiro atoms. The van der Waals surface area contributed by atoms with Crippen molar-refractivity contribution in [1.82, 2.24) is 4.90 Å². The summed E-state index contributed by atoms with van der Waals surface area (Å²) in [6.07, 6.45) is 0.287. The van der Waals surface area contributed by atoms with Crippen LogP contribution in [0, 0.1) is 5.92 Å². The molecule has 1 N–H and O–H groups in total. The fourth-order valence-corrected chi connectivity index (χ4v) is 4.58. The zero-order valence-electron chi connectivity index (χ0n) is 14.6. The molecule has 2 heterocycles. The van der Waals surface area contributed by atoms with Crippen LogP contribution in [0.1, 0.15) is 25.8 Å². The van der Waals surface area contributed by atoms with E-state index < -0.39 is 17.9 Å². The van der Waals surface area contributed by atoms with Gasteiger partial charge in [-0.05, 0) is 18.4 Å². The van der Waals surface area contributed by atoms with Gasteiger partial charge in [0.1, 0.15) is 10.4 Å². The number of rotatable bonds is 4. The first kappa shape index (κ1) is 18.6. The lowest BCUT2D eigenvalue weighted by atomic mass is 10.0. The number of likely N-dealkylation sites (N-methyl/N-ethyl adjacent to an activating group) is 1. The second-order valence-corrected chi connectivity index (χ2v) is 8.26. The van der Waals surface area contributed by atoms with Crippen LogP contribution < -0.4 is 4.90 Å². The van der Waals surface area contributed by atoms with E-state index in [0.29, 0.717) is 5.56 Å². The number of hydrogen-bond acceptors (Lipinski definition) is 5. The Morgan fingerprint density at radius 3 is 2.50 bits per heavy atom. The third kappa shape index (κ3) is 2.93. The van der Waals surface area contributed by atoms with Crippen molar-refractivity contribution in [3.63, 3.8) is 0 Å². The van der Waals surface area contributed by atoms with E-state index >= 15 is 0 Å². The van der Waals surface area contributed by atoms with Crippen LogP contribution in [-0.4, -0.2) is 45.2 Å². The number of carbonyl (C=O) groups is 3. The molecule has 3 rings (SSSR count). The zero-order chi connectivity index (χ0) is 19.2. The van der Waals surface area contributed by atoms with E-state index in [1.165, 1.54) is 4.90 Å². The predicted molar refractivity (Wildman–Crippen MR) is 105 cm³/mol. The lowest BCUT2D eigenvalue weighted by Gasteiger charge is -2.24. The lowest BCUT2D eigenvalue weighted by Crippen LogP contribution is -2.44. The lowest BCUT2D eigenvalue weighted by molar-refractivity contribution is -0.145. The van der Waals surface area contributed by atoms with Gasteiger partial charge in [0.2, 0.25) is 0 Å². The molecular weight excluding hydrogens is 372 g/mol. The molecule has 6 nitrogen and oxygen atoms in total. The minimum atomic E-state index is -1.10. The van der Waals surface area contributed by atoms with Crippen LogP contribution in [0.15, 0.2) is 29.2 Å². The molecule has 136 valence electrons. The SMILES string of the molecule is CC(C)C[C@@H](C(=O)O)N1C(=O)/C(=C2/C(=O)N(C)c3ccccc32)SC1=S. The highest BCUT2D eigenvalue weighted by Gasteiger charge is 2.45. The molecule has 2 aliphatic rings. The van der Waals surface area contributed by atoms with Gasteiger partial charge in [-0.3, -0.25) is 14.5 Å². The number of amides is 2. The number of aliphatic carboxylic acids is 1. The van der Waals surface area contributed by atoms with E-state index in [4.69, 9.17) is 12.2 Å². The average molecular weight is 390 g/mol. The van der Waals surface area contributed by atoms with Crippen molar-refractivity contribution < 1.29 is 19.5 Å². The van der Waals surface area contributed by atoms with Gasteiger partial charge in [-0.1, -0.05) is 56.0 Å². The van der Waals surface area contributed by atoms with E-state index in [1.807, 2.05) is 19.9 Å². The monoisotopic (exact) mass is 390 g/mol. The third-order valence-electron chi connectivity index (χ3n) is 4.37. The van der Waals surface area contributed by atoms with Gasteiger partial charge >= 0.3 is 5.97 Å². The first-order chi connectivity index (χ1) is 12.2. The fourth-order valence-electron chi connectivity index (χ4n) is 3.15. The molecular formula is C18H18N2O4S2. The van der Waals surface area contributed by atoms with E-state index in [-0.39, 0.29) is 33.0 Å². The van der Waals surface area contributed by atoms with Crippen LogP contribution in [0.5, 0.6) is 0 Å². The zero-order valence-corrected chi connectivity index (χ0v) is 16.2. The Hall–Kier alpha value is -2.19. The summed E-state index contributed by atoms with van der Waals surface area (Å²) < 4.78 is 0.172. The topological polar surface area (TPSA) is 77.9 Å². The molecule has 0 aromatic heterocycles. The van der Waals surface area contributed by atoms with Gasteiger partial charge in [-0.2, -0.15) is 0 Å². The van der Waals surface area contributed by atoms with Crippen molar-refractivity contribution in [2.24, 2.45) is 5.92 Å². The summed E-state index contributed by atoms with van der Waals surface area (Å²) in [6.45, 7) is 3.77. The van der Waals surface area contributed by atoms with Crippen molar-refractivity contribution in [3.8, 4) is 0 Å². The van der Waals surface area contributed by atoms with Crippen molar-refractivity contribution in [2.45, 2.75) is 26.3 Å². The van der Waals surface area contributed by atoms with Gasteiger partial charge in [-0.25, -0.2) is 4.79 Å². The third-order valence-corrected chi connectivity index (χ3v) is 5.77. The summed E-state index contributed by atoms with van der Waals surface area (Å²) >= 11 is 6.29. The maximum absolute atomic E-state index is 13.0. The Morgan fingerprint density at radius 1 is 1.23 bits per heavy atom. The molecule has 0 bridgehead atoms. The Labute approximate surface area is 160 Å². The van der Waals surface area contributed by atoms with Crippen molar-refractivity contribution in [1.29, 1.82) is 0 Å². The van der Waals surface area contributed by atoms with Crippen molar-refractivity contribution >= 4 is 57.3 Å². The van der Waals surface area contributed by atoms with Crippen molar-refractivity contribution in [3.05, 3.63) is 34.7 Å². The Bertz CT molecular complexity index is 863. The highest BCUT2D eigenvalue weighted by atomic mass is 32.2. The summed E-state index contributed by atoms with van der Waals surface area (Å²) in [6, 6.07) is 6.16. The second-order valence-electron chi connectivity index (χ2n) is 6.61. The summed E-state index contributed by atoms with van der Waals surface area (Å²) in [7, 11) is 1.65. The van der Waals surface area contributed by atoms with Crippen LogP contribution in [0.4, 0.5) is 5.69 Å². The number of carboxylic acids is 1. The standard InChI is InChI=1S/C18H18N2O4S2/c1-9(2)8-12(17(23)24)20-16(22)14(26-18(20)25)13-10-6-4-5-7-11(10)19(3)15(13)21/h4-7,9,12H,8H2,1-3H3,(H,23,24)/b14-13-/t12-/m0/s1. The van der Waals surface area contributed by atoms with Crippen LogP contribution >= 0.6 is 24.0 Å². The van der Waals surface area contributed by atoms with Crippen LogP contribution in [-0.2, 0) is 14.4 Å². The molecule has 2 aliphatic heterocycles. The number of thioether (sulfide) groups is 1. The van der Waals surface area contributed by atoms with Gasteiger partial charge < -0.3 is 10.0 Å². The predicted octanol–water partition coefficient (Wildman–Crippen LogP) is 2.73. The van der Waals surface area contributed by atoms with E-state index in [1.54, 1.807) is 25.2 Å². The number of thiocarbonyl (C=S) groups is 1. The van der Waals surface area contributed by atoms with E-state index in [0.717, 1.165) is 22.3 Å². The molecule has 26 heavy (non-hydrogen) atoms. The van der Waals surface area contributed by atoms with Crippen LogP contribution in [0.2, 0.25) is 0 Å². The summed E-state index contributed by atoms with van der Waals surface area (Å²) in [5.41, 5.74) is 1.67. The Balaban J connectivity index is 2.08. The van der Waals surface area contributed by atoms with Crippen molar-refractivity contribution in [2.75, 3.05) is 11.9 Å². The maximum Gasteiger partial charge on any atom is 0.326 e. The highest BCUT2D eigenvalue weighted by Crippen LogP contribution is 2.44. The van der Waals surface area contributed by atoms with Gasteiger partial charge in [-0.15, -0.1) is 0 Å². The van der Waals surface area contributed by atoms with Gasteiger partial charge in [0.25, 0.3) is 11.8 Å². The summed E-state index contributed by atoms with van der Waals surface area (Å²) in [5.74, 6) is -1.83. The number of hydrogen-bond donors (Lipinski definition) is 1. The molecule has 2 amide bonds. The summed E-state index contributed by atoms with van der Waals surface area (Å²) in [4.78, 5) is 40.3. The smallest absolute Gasteiger partial charge is 0.326 e. The average Bonchev–Trinajstić information content (AvgIpc) is 2.99. The molecule has 0 radical (unpaired) electrons. The highest BCUT2D eigenvalue weighted by molar-refractivity contribution is 8.26. The number of benzene rings is 1. The van der Waals surface area contributed by atoms with E-state index in [2.05, 4.69) is 0 Å². The number of carbonyl (C=O) groups excluding carboxylic acids is 2. The van der Waals surface area contributed by atoms with Gasteiger partial charge in [0, 0.05) is 12.6 Å².